The number of Topliss-reactive ketones (excluding diaryl/α,β-unsaturated/α-hetero) is 1. The summed E-state index contributed by atoms with van der Waals surface area (Å²) in [5.74, 6) is -1.31. The van der Waals surface area contributed by atoms with Crippen LogP contribution in [0.5, 0.6) is 5.75 Å². The summed E-state index contributed by atoms with van der Waals surface area (Å²) in [6.07, 6.45) is 2.85. The van der Waals surface area contributed by atoms with Crippen LogP contribution in [0.2, 0.25) is 0 Å². The number of ketones is 1. The van der Waals surface area contributed by atoms with Gasteiger partial charge in [0, 0.05) is 12.2 Å². The van der Waals surface area contributed by atoms with Crippen molar-refractivity contribution in [3.05, 3.63) is 29.3 Å². The van der Waals surface area contributed by atoms with Gasteiger partial charge in [0.05, 0.1) is 16.8 Å². The molecule has 1 unspecified atom stereocenters. The van der Waals surface area contributed by atoms with Crippen LogP contribution in [0.3, 0.4) is 0 Å². The predicted octanol–water partition coefficient (Wildman–Crippen LogP) is 2.50. The number of carbonyl (C=O) groups excluding carboxylic acids is 3. The molecule has 0 radical (unpaired) electrons. The first kappa shape index (κ1) is 16.0. The van der Waals surface area contributed by atoms with Crippen molar-refractivity contribution in [2.75, 3.05) is 11.5 Å². The molecular formula is C19H19NO5. The number of amides is 1. The summed E-state index contributed by atoms with van der Waals surface area (Å²) in [4.78, 5) is 38.6. The molecule has 6 heteroatoms. The van der Waals surface area contributed by atoms with Crippen LogP contribution in [-0.2, 0) is 14.3 Å². The van der Waals surface area contributed by atoms with E-state index in [2.05, 4.69) is 0 Å². The maximum atomic E-state index is 12.5. The summed E-state index contributed by atoms with van der Waals surface area (Å²) in [5, 5.41) is 0. The highest BCUT2D eigenvalue weighted by Crippen LogP contribution is 2.46. The molecule has 1 saturated heterocycles. The van der Waals surface area contributed by atoms with Crippen LogP contribution in [0.25, 0.3) is 5.57 Å². The van der Waals surface area contributed by atoms with E-state index in [-0.39, 0.29) is 11.3 Å². The predicted molar refractivity (Wildman–Crippen MR) is 90.6 cm³/mol. The van der Waals surface area contributed by atoms with E-state index < -0.39 is 29.3 Å². The highest BCUT2D eigenvalue weighted by molar-refractivity contribution is 6.53. The van der Waals surface area contributed by atoms with E-state index in [1.54, 1.807) is 6.07 Å². The number of carbonyl (C=O) groups is 3. The average Bonchev–Trinajstić information content (AvgIpc) is 3.15. The molecule has 0 N–H and O–H groups in total. The Morgan fingerprint density at radius 2 is 2.00 bits per heavy atom. The molecule has 1 aromatic rings. The second-order valence-corrected chi connectivity index (χ2v) is 7.24. The van der Waals surface area contributed by atoms with Crippen LogP contribution in [-0.4, -0.2) is 35.9 Å². The molecule has 25 heavy (non-hydrogen) atoms. The van der Waals surface area contributed by atoms with Gasteiger partial charge in [-0.2, -0.15) is 0 Å². The summed E-state index contributed by atoms with van der Waals surface area (Å²) in [5.41, 5.74) is 2.00. The van der Waals surface area contributed by atoms with Crippen LogP contribution in [0, 0.1) is 0 Å². The molecular weight excluding hydrogens is 322 g/mol. The van der Waals surface area contributed by atoms with Gasteiger partial charge in [-0.3, -0.25) is 14.5 Å². The van der Waals surface area contributed by atoms with Crippen molar-refractivity contribution in [1.82, 2.24) is 0 Å². The van der Waals surface area contributed by atoms with Crippen molar-refractivity contribution in [2.45, 2.75) is 45.3 Å². The van der Waals surface area contributed by atoms with Gasteiger partial charge in [-0.1, -0.05) is 6.08 Å². The minimum Gasteiger partial charge on any atom is -0.425 e. The fourth-order valence-corrected chi connectivity index (χ4v) is 3.87. The molecule has 3 aliphatic rings. The normalized spacial score (nSPS) is 23.6. The lowest BCUT2D eigenvalue weighted by molar-refractivity contribution is -0.144. The number of hydrogen-bond acceptors (Lipinski definition) is 5. The molecule has 4 rings (SSSR count). The summed E-state index contributed by atoms with van der Waals surface area (Å²) >= 11 is 0. The Kier molecular flexibility index (Phi) is 3.37. The third-order valence-electron chi connectivity index (χ3n) is 4.93. The lowest BCUT2D eigenvalue weighted by Crippen LogP contribution is -2.47. The van der Waals surface area contributed by atoms with Gasteiger partial charge in [-0.05, 0) is 51.3 Å². The van der Waals surface area contributed by atoms with Crippen molar-refractivity contribution in [2.24, 2.45) is 0 Å². The molecule has 3 heterocycles. The van der Waals surface area contributed by atoms with Crippen LogP contribution < -0.4 is 9.64 Å². The maximum absolute atomic E-state index is 12.5. The van der Waals surface area contributed by atoms with E-state index in [9.17, 15) is 14.4 Å². The number of rotatable bonds is 2. The number of hydrogen-bond donors (Lipinski definition) is 0. The van der Waals surface area contributed by atoms with Crippen molar-refractivity contribution < 1.29 is 23.9 Å². The highest BCUT2D eigenvalue weighted by Gasteiger charge is 2.47. The maximum Gasteiger partial charge on any atom is 0.340 e. The van der Waals surface area contributed by atoms with Gasteiger partial charge < -0.3 is 9.47 Å². The van der Waals surface area contributed by atoms with E-state index in [1.807, 2.05) is 26.8 Å². The molecule has 1 amide bonds. The number of esters is 1. The molecule has 0 saturated carbocycles. The number of ether oxygens (including phenoxy) is 2. The number of allylic oxidation sites excluding steroid dienone is 1. The minimum absolute atomic E-state index is 0.268. The average molecular weight is 341 g/mol. The lowest BCUT2D eigenvalue weighted by Gasteiger charge is -2.38. The fraction of sp³-hybridized carbons (Fsp3) is 0.421. The first-order chi connectivity index (χ1) is 11.8. The van der Waals surface area contributed by atoms with Crippen LogP contribution in [0.4, 0.5) is 5.69 Å². The van der Waals surface area contributed by atoms with Gasteiger partial charge in [0.15, 0.2) is 6.10 Å². The molecule has 6 nitrogen and oxygen atoms in total. The van der Waals surface area contributed by atoms with Crippen LogP contribution in [0.1, 0.15) is 49.5 Å². The van der Waals surface area contributed by atoms with Gasteiger partial charge in [0.1, 0.15) is 5.75 Å². The van der Waals surface area contributed by atoms with Gasteiger partial charge in [0.25, 0.3) is 11.7 Å². The lowest BCUT2D eigenvalue weighted by atomic mass is 9.89. The molecule has 0 bridgehead atoms. The Morgan fingerprint density at radius 3 is 2.68 bits per heavy atom. The van der Waals surface area contributed by atoms with E-state index in [4.69, 9.17) is 9.47 Å². The standard InChI is InChI=1S/C19H19NO5/c1-10-9-19(2,3)20-15-12(10)7-11(8-13(15)16(21)17(20)22)25-18(23)14-5-4-6-24-14/h7-9,14H,4-6H2,1-3H3. The largest absolute Gasteiger partial charge is 0.425 e. The van der Waals surface area contributed by atoms with Crippen LogP contribution in [0.15, 0.2) is 18.2 Å². The summed E-state index contributed by atoms with van der Waals surface area (Å²) < 4.78 is 10.8. The third kappa shape index (κ3) is 2.32. The second kappa shape index (κ2) is 5.26. The number of anilines is 1. The van der Waals surface area contributed by atoms with E-state index >= 15 is 0 Å². The molecule has 0 spiro atoms. The highest BCUT2D eigenvalue weighted by atomic mass is 16.6. The Bertz CT molecular complexity index is 846. The first-order valence-corrected chi connectivity index (χ1v) is 8.39. The Labute approximate surface area is 145 Å². The zero-order valence-electron chi connectivity index (χ0n) is 14.4. The van der Waals surface area contributed by atoms with Crippen molar-refractivity contribution in [1.29, 1.82) is 0 Å². The van der Waals surface area contributed by atoms with Crippen molar-refractivity contribution in [3.63, 3.8) is 0 Å². The molecule has 130 valence electrons. The molecule has 0 aromatic heterocycles. The van der Waals surface area contributed by atoms with Gasteiger partial charge in [0.2, 0.25) is 0 Å². The van der Waals surface area contributed by atoms with E-state index in [0.717, 1.165) is 17.6 Å². The van der Waals surface area contributed by atoms with E-state index in [0.29, 0.717) is 18.7 Å². The van der Waals surface area contributed by atoms with Crippen LogP contribution >= 0.6 is 0 Å². The minimum atomic E-state index is -0.578. The molecule has 1 atom stereocenters. The fourth-order valence-electron chi connectivity index (χ4n) is 3.87. The third-order valence-corrected chi connectivity index (χ3v) is 4.93. The molecule has 3 aliphatic heterocycles. The molecule has 0 aliphatic carbocycles. The van der Waals surface area contributed by atoms with Gasteiger partial charge in [-0.25, -0.2) is 4.79 Å². The number of nitrogens with zero attached hydrogens (tertiary/aromatic N) is 1. The zero-order chi connectivity index (χ0) is 17.9. The Morgan fingerprint density at radius 1 is 1.28 bits per heavy atom. The van der Waals surface area contributed by atoms with Crippen molar-refractivity contribution >= 4 is 28.9 Å². The zero-order valence-corrected chi connectivity index (χ0v) is 14.4. The van der Waals surface area contributed by atoms with Gasteiger partial charge >= 0.3 is 5.97 Å². The Balaban J connectivity index is 1.78. The van der Waals surface area contributed by atoms with Crippen molar-refractivity contribution in [3.8, 4) is 5.75 Å². The molecule has 1 aromatic carbocycles. The monoisotopic (exact) mass is 341 g/mol. The van der Waals surface area contributed by atoms with E-state index in [1.165, 1.54) is 11.0 Å². The Hall–Kier alpha value is -2.47. The smallest absolute Gasteiger partial charge is 0.340 e. The molecule has 1 fully saturated rings. The van der Waals surface area contributed by atoms with Gasteiger partial charge in [-0.15, -0.1) is 0 Å². The summed E-state index contributed by atoms with van der Waals surface area (Å²) in [7, 11) is 0. The summed E-state index contributed by atoms with van der Waals surface area (Å²) in [6.45, 7) is 6.26. The summed E-state index contributed by atoms with van der Waals surface area (Å²) in [6, 6.07) is 3.20. The quantitative estimate of drug-likeness (QED) is 0.469. The second-order valence-electron chi connectivity index (χ2n) is 7.24. The number of benzene rings is 1. The first-order valence-electron chi connectivity index (χ1n) is 8.39. The SMILES string of the molecule is CC1=CC(C)(C)N2C(=O)C(=O)c3cc(OC(=O)C4CCCO4)cc1c32. The topological polar surface area (TPSA) is 72.9 Å².